The lowest BCUT2D eigenvalue weighted by Gasteiger charge is -2.20. The van der Waals surface area contributed by atoms with Gasteiger partial charge in [0, 0.05) is 6.07 Å². The van der Waals surface area contributed by atoms with Crippen LogP contribution in [0.2, 0.25) is 0 Å². The van der Waals surface area contributed by atoms with E-state index in [1.54, 1.807) is 6.92 Å². The highest BCUT2D eigenvalue weighted by molar-refractivity contribution is 5.85. The third kappa shape index (κ3) is 4.33. The van der Waals surface area contributed by atoms with Gasteiger partial charge in [-0.2, -0.15) is 13.2 Å². The first kappa shape index (κ1) is 22.5. The number of aryl methyl sites for hydroxylation is 1. The van der Waals surface area contributed by atoms with Crippen molar-refractivity contribution in [1.29, 1.82) is 0 Å². The maximum Gasteiger partial charge on any atom is 0.450 e. The monoisotopic (exact) mass is 464 g/mol. The quantitative estimate of drug-likeness (QED) is 0.519. The van der Waals surface area contributed by atoms with E-state index in [4.69, 9.17) is 18.6 Å². The number of benzene rings is 2. The van der Waals surface area contributed by atoms with Crippen molar-refractivity contribution in [3.8, 4) is 28.4 Å². The van der Waals surface area contributed by atoms with Crippen molar-refractivity contribution in [1.82, 2.24) is 0 Å². The Hall–Kier alpha value is -3.69. The number of esters is 1. The first-order chi connectivity index (χ1) is 15.7. The van der Waals surface area contributed by atoms with Crippen molar-refractivity contribution < 1.29 is 41.3 Å². The number of hydrogen-bond donors (Lipinski definition) is 0. The minimum atomic E-state index is -4.95. The summed E-state index contributed by atoms with van der Waals surface area (Å²) in [6.45, 7) is 1.89. The molecule has 0 spiro atoms. The fourth-order valence-corrected chi connectivity index (χ4v) is 3.53. The van der Waals surface area contributed by atoms with Gasteiger partial charge >= 0.3 is 12.1 Å². The number of alkyl halides is 3. The van der Waals surface area contributed by atoms with Crippen molar-refractivity contribution >= 4 is 16.9 Å². The Morgan fingerprint density at radius 1 is 1.09 bits per heavy atom. The third-order valence-corrected chi connectivity index (χ3v) is 5.12. The Kier molecular flexibility index (Phi) is 5.92. The van der Waals surface area contributed by atoms with Crippen LogP contribution in [0, 0.1) is 0 Å². The highest BCUT2D eigenvalue weighted by atomic mass is 19.4. The second-order valence-electron chi connectivity index (χ2n) is 7.17. The van der Waals surface area contributed by atoms with E-state index >= 15 is 0 Å². The number of carbonyl (C=O) groups excluding carboxylic acids is 1. The number of carbonyl (C=O) groups is 1. The molecule has 174 valence electrons. The maximum absolute atomic E-state index is 13.9. The van der Waals surface area contributed by atoms with Crippen LogP contribution in [0.5, 0.6) is 17.2 Å². The number of hydrogen-bond acceptors (Lipinski definition) is 7. The summed E-state index contributed by atoms with van der Waals surface area (Å²) < 4.78 is 67.8. The largest absolute Gasteiger partial charge is 0.486 e. The molecule has 0 aliphatic carbocycles. The molecule has 0 N–H and O–H groups in total. The van der Waals surface area contributed by atoms with Crippen LogP contribution < -0.4 is 19.6 Å². The minimum absolute atomic E-state index is 0.00806. The fourth-order valence-electron chi connectivity index (χ4n) is 3.53. The van der Waals surface area contributed by atoms with E-state index in [0.29, 0.717) is 24.3 Å². The van der Waals surface area contributed by atoms with E-state index in [1.807, 2.05) is 0 Å². The smallest absolute Gasteiger partial charge is 0.450 e. The molecular formula is C23H19F3O7. The molecule has 1 aromatic heterocycles. The van der Waals surface area contributed by atoms with Gasteiger partial charge in [0.05, 0.1) is 18.1 Å². The van der Waals surface area contributed by atoms with Crippen LogP contribution in [-0.2, 0) is 22.1 Å². The number of halogens is 3. The Bertz CT molecular complexity index is 1280. The maximum atomic E-state index is 13.9. The fraction of sp³-hybridized carbons (Fsp3) is 0.304. The highest BCUT2D eigenvalue weighted by Crippen LogP contribution is 2.41. The topological polar surface area (TPSA) is 84.2 Å². The molecule has 0 fully saturated rings. The van der Waals surface area contributed by atoms with Gasteiger partial charge < -0.3 is 23.4 Å². The van der Waals surface area contributed by atoms with Crippen LogP contribution in [0.25, 0.3) is 22.1 Å². The molecule has 0 radical (unpaired) electrons. The highest BCUT2D eigenvalue weighted by Gasteiger charge is 2.39. The zero-order valence-electron chi connectivity index (χ0n) is 17.7. The standard InChI is InChI=1S/C23H19F3O7/c1-3-12-8-14-17(10-16(12)32-11-19(27)29-2)33-22(23(24,25)26)20(21(14)28)13-4-5-15-18(9-13)31-7-6-30-15/h4-5,8-10H,3,6-7,11H2,1-2H3. The number of fused-ring (bicyclic) bond motifs is 2. The van der Waals surface area contributed by atoms with Gasteiger partial charge in [-0.3, -0.25) is 4.79 Å². The predicted octanol–water partition coefficient (Wildman–Crippen LogP) is 4.36. The van der Waals surface area contributed by atoms with Crippen molar-refractivity contribution in [2.24, 2.45) is 0 Å². The van der Waals surface area contributed by atoms with Gasteiger partial charge in [-0.05, 0) is 35.7 Å². The van der Waals surface area contributed by atoms with E-state index in [0.717, 1.165) is 0 Å². The zero-order chi connectivity index (χ0) is 23.8. The van der Waals surface area contributed by atoms with E-state index < -0.39 is 35.5 Å². The molecule has 0 unspecified atom stereocenters. The van der Waals surface area contributed by atoms with Gasteiger partial charge in [0.15, 0.2) is 18.1 Å². The number of rotatable bonds is 5. The van der Waals surface area contributed by atoms with Crippen molar-refractivity contribution in [3.63, 3.8) is 0 Å². The van der Waals surface area contributed by atoms with Crippen LogP contribution in [0.1, 0.15) is 18.2 Å². The molecule has 0 saturated heterocycles. The average Bonchev–Trinajstić information content (AvgIpc) is 2.81. The molecule has 3 aromatic rings. The SMILES string of the molecule is CCc1cc2c(=O)c(-c3ccc4c(c3)OCCO4)c(C(F)(F)F)oc2cc1OCC(=O)OC. The summed E-state index contributed by atoms with van der Waals surface area (Å²) >= 11 is 0. The predicted molar refractivity (Wildman–Crippen MR) is 111 cm³/mol. The van der Waals surface area contributed by atoms with Crippen LogP contribution in [0.4, 0.5) is 13.2 Å². The van der Waals surface area contributed by atoms with Crippen LogP contribution in [0.3, 0.4) is 0 Å². The average molecular weight is 464 g/mol. The molecule has 33 heavy (non-hydrogen) atoms. The molecule has 7 nitrogen and oxygen atoms in total. The molecule has 0 bridgehead atoms. The molecule has 10 heteroatoms. The second kappa shape index (κ2) is 8.68. The first-order valence-electron chi connectivity index (χ1n) is 10.0. The summed E-state index contributed by atoms with van der Waals surface area (Å²) in [4.78, 5) is 24.7. The summed E-state index contributed by atoms with van der Waals surface area (Å²) in [6.07, 6.45) is -4.56. The van der Waals surface area contributed by atoms with E-state index in [9.17, 15) is 22.8 Å². The molecule has 2 heterocycles. The van der Waals surface area contributed by atoms with Gasteiger partial charge in [-0.25, -0.2) is 4.79 Å². The Labute approximate surface area is 185 Å². The molecule has 0 amide bonds. The summed E-state index contributed by atoms with van der Waals surface area (Å²) in [5, 5.41) is -0.0462. The van der Waals surface area contributed by atoms with Crippen LogP contribution in [0.15, 0.2) is 39.5 Å². The van der Waals surface area contributed by atoms with Crippen molar-refractivity contribution in [2.75, 3.05) is 26.9 Å². The van der Waals surface area contributed by atoms with Gasteiger partial charge in [-0.1, -0.05) is 13.0 Å². The van der Waals surface area contributed by atoms with E-state index in [1.165, 1.54) is 37.4 Å². The Morgan fingerprint density at radius 2 is 1.82 bits per heavy atom. The van der Waals surface area contributed by atoms with Crippen LogP contribution >= 0.6 is 0 Å². The van der Waals surface area contributed by atoms with Crippen molar-refractivity contribution in [2.45, 2.75) is 19.5 Å². The molecule has 1 aliphatic heterocycles. The number of methoxy groups -OCH3 is 1. The van der Waals surface area contributed by atoms with Crippen molar-refractivity contribution in [3.05, 3.63) is 51.9 Å². The Balaban J connectivity index is 1.92. The van der Waals surface area contributed by atoms with Gasteiger partial charge in [-0.15, -0.1) is 0 Å². The molecular weight excluding hydrogens is 445 g/mol. The van der Waals surface area contributed by atoms with Gasteiger partial charge in [0.25, 0.3) is 0 Å². The molecule has 0 atom stereocenters. The third-order valence-electron chi connectivity index (χ3n) is 5.12. The summed E-state index contributed by atoms with van der Waals surface area (Å²) in [5.41, 5.74) is -1.28. The molecule has 0 saturated carbocycles. The lowest BCUT2D eigenvalue weighted by molar-refractivity contribution is -0.152. The van der Waals surface area contributed by atoms with E-state index in [2.05, 4.69) is 4.74 Å². The first-order valence-corrected chi connectivity index (χ1v) is 10.0. The second-order valence-corrected chi connectivity index (χ2v) is 7.17. The summed E-state index contributed by atoms with van der Waals surface area (Å²) in [6, 6.07) is 6.73. The summed E-state index contributed by atoms with van der Waals surface area (Å²) in [5.74, 6) is -1.36. The summed E-state index contributed by atoms with van der Waals surface area (Å²) in [7, 11) is 1.18. The normalized spacial score (nSPS) is 13.1. The van der Waals surface area contributed by atoms with Gasteiger partial charge in [0.2, 0.25) is 11.2 Å². The minimum Gasteiger partial charge on any atom is -0.486 e. The lowest BCUT2D eigenvalue weighted by atomic mass is 9.99. The molecule has 1 aliphatic rings. The van der Waals surface area contributed by atoms with E-state index in [-0.39, 0.29) is 34.6 Å². The molecule has 2 aromatic carbocycles. The van der Waals surface area contributed by atoms with Gasteiger partial charge in [0.1, 0.15) is 24.5 Å². The van der Waals surface area contributed by atoms with Crippen LogP contribution in [-0.4, -0.2) is 32.9 Å². The molecule has 4 rings (SSSR count). The number of ether oxygens (including phenoxy) is 4. The Morgan fingerprint density at radius 3 is 2.48 bits per heavy atom. The lowest BCUT2D eigenvalue weighted by Crippen LogP contribution is -2.18. The zero-order valence-corrected chi connectivity index (χ0v) is 17.7.